The molecule has 2 N–H and O–H groups in total. The molecule has 1 heterocycles. The molecule has 1 saturated heterocycles. The number of rotatable bonds is 3. The summed E-state index contributed by atoms with van der Waals surface area (Å²) >= 11 is 0. The zero-order valence-electron chi connectivity index (χ0n) is 12.3. The summed E-state index contributed by atoms with van der Waals surface area (Å²) in [4.78, 5) is 23.3. The lowest BCUT2D eigenvalue weighted by molar-refractivity contribution is -0.384. The second-order valence-electron chi connectivity index (χ2n) is 6.25. The largest absolute Gasteiger partial charge is 0.349 e. The average molecular weight is 325 g/mol. The summed E-state index contributed by atoms with van der Waals surface area (Å²) in [5, 5.41) is 10.6. The fourth-order valence-corrected chi connectivity index (χ4v) is 3.59. The quantitative estimate of drug-likeness (QED) is 0.679. The Morgan fingerprint density at radius 1 is 1.26 bits per heavy atom. The van der Waals surface area contributed by atoms with Gasteiger partial charge in [0.05, 0.1) is 4.92 Å². The van der Waals surface area contributed by atoms with Gasteiger partial charge in [-0.05, 0) is 36.8 Å². The predicted octanol–water partition coefficient (Wildman–Crippen LogP) is 1.88. The first-order valence-electron chi connectivity index (χ1n) is 7.48. The highest BCUT2D eigenvalue weighted by Gasteiger charge is 2.50. The zero-order chi connectivity index (χ0) is 16.8. The summed E-state index contributed by atoms with van der Waals surface area (Å²) in [5.41, 5.74) is 5.13. The normalized spacial score (nSPS) is 27.1. The fraction of sp³-hybridized carbons (Fsp3) is 0.533. The van der Waals surface area contributed by atoms with E-state index in [4.69, 9.17) is 5.73 Å². The number of hydrogen-bond donors (Lipinski definition) is 1. The van der Waals surface area contributed by atoms with E-state index in [0.717, 1.165) is 37.1 Å². The average Bonchev–Trinajstić information content (AvgIpc) is 3.09. The Labute approximate surface area is 131 Å². The van der Waals surface area contributed by atoms with Crippen molar-refractivity contribution in [2.75, 3.05) is 13.1 Å². The number of nitrogens with zero attached hydrogens (tertiary/aromatic N) is 2. The third-order valence-electron chi connectivity index (χ3n) is 4.91. The van der Waals surface area contributed by atoms with Crippen LogP contribution >= 0.6 is 0 Å². The number of alkyl halides is 2. The Kier molecular flexibility index (Phi) is 3.79. The van der Waals surface area contributed by atoms with Crippen LogP contribution in [0.25, 0.3) is 0 Å². The van der Waals surface area contributed by atoms with Gasteiger partial charge < -0.3 is 10.6 Å². The number of hydrogen-bond acceptors (Lipinski definition) is 4. The minimum Gasteiger partial charge on any atom is -0.337 e. The van der Waals surface area contributed by atoms with Gasteiger partial charge in [-0.25, -0.2) is 0 Å². The molecule has 1 aromatic rings. The maximum Gasteiger partial charge on any atom is 0.349 e. The van der Waals surface area contributed by atoms with Gasteiger partial charge >= 0.3 is 5.92 Å². The molecule has 0 aromatic heterocycles. The molecule has 0 bridgehead atoms. The highest BCUT2D eigenvalue weighted by atomic mass is 19.3. The Balaban J connectivity index is 1.76. The standard InChI is InChI=1S/C15H17F2N3O3/c16-15(17,10-2-4-11(5-3-10)20(22)23)14(21)19-7-9-1-6-13(18)12(9)8-19/h2-5,9,12-13H,1,6-8,18H2. The van der Waals surface area contributed by atoms with Crippen LogP contribution in [0.3, 0.4) is 0 Å². The van der Waals surface area contributed by atoms with Gasteiger partial charge in [0.15, 0.2) is 0 Å². The highest BCUT2D eigenvalue weighted by molar-refractivity contribution is 5.85. The molecule has 1 aliphatic heterocycles. The number of amides is 1. The summed E-state index contributed by atoms with van der Waals surface area (Å²) in [6, 6.07) is 3.78. The van der Waals surface area contributed by atoms with E-state index >= 15 is 0 Å². The van der Waals surface area contributed by atoms with E-state index in [1.54, 1.807) is 0 Å². The van der Waals surface area contributed by atoms with Crippen molar-refractivity contribution in [1.82, 2.24) is 4.90 Å². The van der Waals surface area contributed by atoms with Gasteiger partial charge in [0.2, 0.25) is 0 Å². The molecule has 23 heavy (non-hydrogen) atoms. The predicted molar refractivity (Wildman–Crippen MR) is 77.8 cm³/mol. The van der Waals surface area contributed by atoms with Crippen molar-refractivity contribution in [1.29, 1.82) is 0 Å². The summed E-state index contributed by atoms with van der Waals surface area (Å²) in [6.07, 6.45) is 1.73. The van der Waals surface area contributed by atoms with Gasteiger partial charge in [-0.2, -0.15) is 8.78 Å². The Morgan fingerprint density at radius 3 is 2.48 bits per heavy atom. The van der Waals surface area contributed by atoms with Crippen LogP contribution in [0.4, 0.5) is 14.5 Å². The van der Waals surface area contributed by atoms with Gasteiger partial charge in [0.25, 0.3) is 11.6 Å². The van der Waals surface area contributed by atoms with Crippen molar-refractivity contribution in [2.45, 2.75) is 24.8 Å². The van der Waals surface area contributed by atoms with E-state index < -0.39 is 22.3 Å². The van der Waals surface area contributed by atoms with Crippen LogP contribution in [0.2, 0.25) is 0 Å². The molecule has 2 fully saturated rings. The highest BCUT2D eigenvalue weighted by Crippen LogP contribution is 2.40. The molecule has 124 valence electrons. The van der Waals surface area contributed by atoms with Crippen molar-refractivity contribution in [2.24, 2.45) is 17.6 Å². The molecule has 3 rings (SSSR count). The van der Waals surface area contributed by atoms with E-state index in [1.807, 2.05) is 0 Å². The number of fused-ring (bicyclic) bond motifs is 1. The molecule has 1 aliphatic carbocycles. The monoisotopic (exact) mass is 325 g/mol. The molecule has 3 atom stereocenters. The number of likely N-dealkylation sites (tertiary alicyclic amines) is 1. The number of nitro groups is 1. The Bertz CT molecular complexity index is 635. The first-order chi connectivity index (χ1) is 10.8. The van der Waals surface area contributed by atoms with Gasteiger partial charge in [0.1, 0.15) is 0 Å². The molecular formula is C15H17F2N3O3. The van der Waals surface area contributed by atoms with E-state index in [1.165, 1.54) is 4.90 Å². The molecule has 6 nitrogen and oxygen atoms in total. The van der Waals surface area contributed by atoms with Crippen molar-refractivity contribution in [3.05, 3.63) is 39.9 Å². The van der Waals surface area contributed by atoms with Crippen molar-refractivity contribution in [3.63, 3.8) is 0 Å². The van der Waals surface area contributed by atoms with Crippen LogP contribution in [0.1, 0.15) is 18.4 Å². The lowest BCUT2D eigenvalue weighted by Crippen LogP contribution is -2.42. The molecule has 1 saturated carbocycles. The van der Waals surface area contributed by atoms with E-state index in [9.17, 15) is 23.7 Å². The zero-order valence-corrected chi connectivity index (χ0v) is 12.3. The SMILES string of the molecule is NC1CCC2CN(C(=O)C(F)(F)c3ccc([N+](=O)[O-])cc3)CC12. The second-order valence-corrected chi connectivity index (χ2v) is 6.25. The van der Waals surface area contributed by atoms with Crippen LogP contribution in [-0.4, -0.2) is 34.9 Å². The lowest BCUT2D eigenvalue weighted by Gasteiger charge is -2.24. The number of halogens is 2. The number of carbonyl (C=O) groups excluding carboxylic acids is 1. The first kappa shape index (κ1) is 15.8. The van der Waals surface area contributed by atoms with Crippen molar-refractivity contribution >= 4 is 11.6 Å². The summed E-state index contributed by atoms with van der Waals surface area (Å²) < 4.78 is 28.8. The lowest BCUT2D eigenvalue weighted by atomic mass is 9.98. The summed E-state index contributed by atoms with van der Waals surface area (Å²) in [6.45, 7) is 0.563. The maximum atomic E-state index is 14.4. The van der Waals surface area contributed by atoms with Crippen LogP contribution in [0, 0.1) is 22.0 Å². The summed E-state index contributed by atoms with van der Waals surface area (Å²) in [7, 11) is 0. The van der Waals surface area contributed by atoms with Crippen molar-refractivity contribution < 1.29 is 18.5 Å². The third-order valence-corrected chi connectivity index (χ3v) is 4.91. The van der Waals surface area contributed by atoms with Crippen LogP contribution < -0.4 is 5.73 Å². The van der Waals surface area contributed by atoms with E-state index in [0.29, 0.717) is 6.54 Å². The molecule has 1 amide bonds. The van der Waals surface area contributed by atoms with Crippen LogP contribution in [0.5, 0.6) is 0 Å². The second kappa shape index (κ2) is 5.52. The molecule has 1 aromatic carbocycles. The first-order valence-corrected chi connectivity index (χ1v) is 7.48. The molecule has 2 aliphatic rings. The number of non-ortho nitro benzene ring substituents is 1. The number of nitrogens with two attached hydrogens (primary N) is 1. The molecule has 0 spiro atoms. The Hall–Kier alpha value is -2.09. The van der Waals surface area contributed by atoms with Gasteiger partial charge in [-0.15, -0.1) is 0 Å². The van der Waals surface area contributed by atoms with Gasteiger partial charge in [-0.3, -0.25) is 14.9 Å². The topological polar surface area (TPSA) is 89.5 Å². The van der Waals surface area contributed by atoms with Crippen LogP contribution in [-0.2, 0) is 10.7 Å². The van der Waals surface area contributed by atoms with E-state index in [-0.39, 0.29) is 30.1 Å². The van der Waals surface area contributed by atoms with Crippen LogP contribution in [0.15, 0.2) is 24.3 Å². The molecule has 8 heteroatoms. The van der Waals surface area contributed by atoms with Gasteiger partial charge in [-0.1, -0.05) is 0 Å². The third kappa shape index (κ3) is 2.67. The molecular weight excluding hydrogens is 308 g/mol. The molecule has 0 radical (unpaired) electrons. The Morgan fingerprint density at radius 2 is 1.91 bits per heavy atom. The fourth-order valence-electron chi connectivity index (χ4n) is 3.59. The minimum atomic E-state index is -3.70. The maximum absolute atomic E-state index is 14.4. The van der Waals surface area contributed by atoms with Crippen molar-refractivity contribution in [3.8, 4) is 0 Å². The smallest absolute Gasteiger partial charge is 0.337 e. The molecule has 3 unspecified atom stereocenters. The number of benzene rings is 1. The minimum absolute atomic E-state index is 0.0363. The number of carbonyl (C=O) groups is 1. The van der Waals surface area contributed by atoms with E-state index in [2.05, 4.69) is 0 Å². The summed E-state index contributed by atoms with van der Waals surface area (Å²) in [5.74, 6) is -4.67. The number of nitro benzene ring substituents is 1. The van der Waals surface area contributed by atoms with Gasteiger partial charge in [0, 0.05) is 36.8 Å².